The summed E-state index contributed by atoms with van der Waals surface area (Å²) < 4.78 is 26.7. The maximum atomic E-state index is 12.1. The third kappa shape index (κ3) is 3.15. The van der Waals surface area contributed by atoms with Crippen LogP contribution in [-0.4, -0.2) is 13.4 Å². The van der Waals surface area contributed by atoms with E-state index in [0.29, 0.717) is 0 Å². The first-order valence-corrected chi connectivity index (χ1v) is 7.20. The van der Waals surface area contributed by atoms with E-state index in [4.69, 9.17) is 16.9 Å². The van der Waals surface area contributed by atoms with Crippen LogP contribution in [0.2, 0.25) is 5.02 Å². The van der Waals surface area contributed by atoms with Crippen molar-refractivity contribution in [3.8, 4) is 6.07 Å². The van der Waals surface area contributed by atoms with E-state index in [1.165, 1.54) is 18.2 Å². The molecule has 0 radical (unpaired) electrons. The molecule has 0 amide bonds. The van der Waals surface area contributed by atoms with E-state index in [2.05, 4.69) is 9.71 Å². The van der Waals surface area contributed by atoms with E-state index in [1.807, 2.05) is 6.07 Å². The number of aromatic nitrogens is 1. The Bertz CT molecular complexity index is 718. The molecule has 1 aromatic carbocycles. The number of hydrogen-bond donors (Lipinski definition) is 2. The number of nitrogens with zero attached hydrogens (tertiary/aromatic N) is 1. The first-order chi connectivity index (χ1) is 9.03. The Kier molecular flexibility index (Phi) is 3.90. The van der Waals surface area contributed by atoms with Gasteiger partial charge < -0.3 is 4.98 Å². The van der Waals surface area contributed by atoms with Crippen LogP contribution in [0.5, 0.6) is 0 Å². The van der Waals surface area contributed by atoms with Crippen LogP contribution >= 0.6 is 11.6 Å². The van der Waals surface area contributed by atoms with Gasteiger partial charge in [0.05, 0.1) is 5.56 Å². The highest BCUT2D eigenvalue weighted by atomic mass is 35.5. The first kappa shape index (κ1) is 13.6. The molecule has 0 fully saturated rings. The van der Waals surface area contributed by atoms with Gasteiger partial charge in [0.25, 0.3) is 0 Å². The van der Waals surface area contributed by atoms with Crippen molar-refractivity contribution in [1.29, 1.82) is 5.26 Å². The van der Waals surface area contributed by atoms with E-state index < -0.39 is 10.0 Å². The zero-order valence-corrected chi connectivity index (χ0v) is 11.3. The number of hydrogen-bond acceptors (Lipinski definition) is 3. The van der Waals surface area contributed by atoms with Gasteiger partial charge in [0.15, 0.2) is 0 Å². The lowest BCUT2D eigenvalue weighted by molar-refractivity contribution is 0.581. The third-order valence-corrected chi connectivity index (χ3v) is 4.16. The topological polar surface area (TPSA) is 85.8 Å². The number of halogens is 1. The quantitative estimate of drug-likeness (QED) is 0.905. The number of sulfonamides is 1. The molecule has 0 unspecified atom stereocenters. The summed E-state index contributed by atoms with van der Waals surface area (Å²) in [6.07, 6.45) is 3.38. The summed E-state index contributed by atoms with van der Waals surface area (Å²) in [7, 11) is -3.77. The molecule has 7 heteroatoms. The van der Waals surface area contributed by atoms with E-state index in [9.17, 15) is 8.42 Å². The van der Waals surface area contributed by atoms with Gasteiger partial charge in [-0.2, -0.15) is 5.26 Å². The molecule has 0 saturated carbocycles. The van der Waals surface area contributed by atoms with Crippen molar-refractivity contribution < 1.29 is 8.42 Å². The van der Waals surface area contributed by atoms with Crippen LogP contribution in [0.25, 0.3) is 0 Å². The molecule has 1 heterocycles. The third-order valence-electron chi connectivity index (χ3n) is 2.48. The van der Waals surface area contributed by atoms with Crippen LogP contribution in [0.4, 0.5) is 0 Å². The molecule has 0 aliphatic carbocycles. The molecule has 0 aliphatic rings. The molecule has 0 atom stereocenters. The van der Waals surface area contributed by atoms with Crippen molar-refractivity contribution in [3.63, 3.8) is 0 Å². The second-order valence-electron chi connectivity index (χ2n) is 3.80. The maximum Gasteiger partial charge on any atom is 0.242 e. The molecule has 2 rings (SSSR count). The minimum absolute atomic E-state index is 0.0611. The Hall–Kier alpha value is -1.81. The van der Waals surface area contributed by atoms with Crippen molar-refractivity contribution >= 4 is 21.6 Å². The van der Waals surface area contributed by atoms with Gasteiger partial charge in [0.1, 0.15) is 11.0 Å². The Balaban J connectivity index is 2.29. The lowest BCUT2D eigenvalue weighted by atomic mass is 10.2. The summed E-state index contributed by atoms with van der Waals surface area (Å²) >= 11 is 5.77. The summed E-state index contributed by atoms with van der Waals surface area (Å²) in [5.74, 6) is 0. The Morgan fingerprint density at radius 2 is 2.16 bits per heavy atom. The van der Waals surface area contributed by atoms with E-state index in [0.717, 1.165) is 5.56 Å². The van der Waals surface area contributed by atoms with Crippen LogP contribution in [0.1, 0.15) is 11.1 Å². The lowest BCUT2D eigenvalue weighted by Gasteiger charge is -2.07. The van der Waals surface area contributed by atoms with Gasteiger partial charge >= 0.3 is 0 Å². The first-order valence-electron chi connectivity index (χ1n) is 5.34. The number of nitrogens with one attached hydrogen (secondary N) is 2. The predicted octanol–water partition coefficient (Wildman–Crippen LogP) is 2.02. The van der Waals surface area contributed by atoms with Gasteiger partial charge in [0.2, 0.25) is 10.0 Å². The standard InChI is InChI=1S/C12H10ClN3O2S/c13-11-2-1-10(6-14)12(5-11)19(17,18)16-8-9-3-4-15-7-9/h1-5,7,15-16H,8H2. The van der Waals surface area contributed by atoms with Crippen molar-refractivity contribution in [1.82, 2.24) is 9.71 Å². The Labute approximate surface area is 115 Å². The average molecular weight is 296 g/mol. The highest BCUT2D eigenvalue weighted by Gasteiger charge is 2.18. The van der Waals surface area contributed by atoms with Crippen LogP contribution in [0.3, 0.4) is 0 Å². The summed E-state index contributed by atoms with van der Waals surface area (Å²) in [6, 6.07) is 7.72. The van der Waals surface area contributed by atoms with Crippen molar-refractivity contribution in [2.45, 2.75) is 11.4 Å². The number of aromatic amines is 1. The molecule has 98 valence electrons. The Morgan fingerprint density at radius 1 is 1.37 bits per heavy atom. The summed E-state index contributed by atoms with van der Waals surface area (Å²) in [4.78, 5) is 2.72. The number of benzene rings is 1. The van der Waals surface area contributed by atoms with Gasteiger partial charge in [0, 0.05) is 24.0 Å². The molecule has 19 heavy (non-hydrogen) atoms. The molecule has 1 aromatic heterocycles. The van der Waals surface area contributed by atoms with Crippen LogP contribution < -0.4 is 4.72 Å². The fourth-order valence-electron chi connectivity index (χ4n) is 1.54. The number of rotatable bonds is 4. The zero-order valence-electron chi connectivity index (χ0n) is 9.72. The van der Waals surface area contributed by atoms with Gasteiger partial charge in [-0.25, -0.2) is 13.1 Å². The predicted molar refractivity (Wildman–Crippen MR) is 71.0 cm³/mol. The van der Waals surface area contributed by atoms with Gasteiger partial charge in [-0.1, -0.05) is 11.6 Å². The monoisotopic (exact) mass is 295 g/mol. The lowest BCUT2D eigenvalue weighted by Crippen LogP contribution is -2.23. The molecule has 5 nitrogen and oxygen atoms in total. The SMILES string of the molecule is N#Cc1ccc(Cl)cc1S(=O)(=O)NCc1cc[nH]c1. The van der Waals surface area contributed by atoms with Crippen LogP contribution in [0.15, 0.2) is 41.6 Å². The van der Waals surface area contributed by atoms with Crippen LogP contribution in [-0.2, 0) is 16.6 Å². The number of nitriles is 1. The number of H-pyrrole nitrogens is 1. The summed E-state index contributed by atoms with van der Waals surface area (Å²) in [5, 5.41) is 9.20. The molecule has 2 aromatic rings. The van der Waals surface area contributed by atoms with Gasteiger partial charge in [-0.05, 0) is 29.8 Å². The largest absolute Gasteiger partial charge is 0.367 e. The van der Waals surface area contributed by atoms with Gasteiger partial charge in [-0.15, -0.1) is 0 Å². The highest BCUT2D eigenvalue weighted by molar-refractivity contribution is 7.89. The molecule has 2 N–H and O–H groups in total. The second kappa shape index (κ2) is 5.45. The molecule has 0 spiro atoms. The zero-order chi connectivity index (χ0) is 13.9. The minimum atomic E-state index is -3.77. The molecule has 0 bridgehead atoms. The second-order valence-corrected chi connectivity index (χ2v) is 5.97. The average Bonchev–Trinajstić information content (AvgIpc) is 2.89. The summed E-state index contributed by atoms with van der Waals surface area (Å²) in [5.41, 5.74) is 0.857. The van der Waals surface area contributed by atoms with E-state index in [1.54, 1.807) is 18.5 Å². The van der Waals surface area contributed by atoms with E-state index >= 15 is 0 Å². The maximum absolute atomic E-state index is 12.1. The molecule has 0 saturated heterocycles. The fraction of sp³-hybridized carbons (Fsp3) is 0.0833. The van der Waals surface area contributed by atoms with Crippen molar-refractivity contribution in [3.05, 3.63) is 52.8 Å². The minimum Gasteiger partial charge on any atom is -0.367 e. The van der Waals surface area contributed by atoms with Crippen molar-refractivity contribution in [2.24, 2.45) is 0 Å². The highest BCUT2D eigenvalue weighted by Crippen LogP contribution is 2.20. The molecular formula is C12H10ClN3O2S. The molecular weight excluding hydrogens is 286 g/mol. The Morgan fingerprint density at radius 3 is 2.79 bits per heavy atom. The smallest absolute Gasteiger partial charge is 0.242 e. The molecule has 0 aliphatic heterocycles. The van der Waals surface area contributed by atoms with E-state index in [-0.39, 0.29) is 22.0 Å². The summed E-state index contributed by atoms with van der Waals surface area (Å²) in [6.45, 7) is 0.142. The fourth-order valence-corrected chi connectivity index (χ4v) is 2.97. The van der Waals surface area contributed by atoms with Crippen LogP contribution in [0, 0.1) is 11.3 Å². The normalized spacial score (nSPS) is 11.2. The van der Waals surface area contributed by atoms with Gasteiger partial charge in [-0.3, -0.25) is 0 Å². The van der Waals surface area contributed by atoms with Crippen molar-refractivity contribution in [2.75, 3.05) is 0 Å².